The molecule has 0 unspecified atom stereocenters. The number of carbonyl (C=O) groups excluding carboxylic acids is 1. The Morgan fingerprint density at radius 2 is 1.60 bits per heavy atom. The normalized spacial score (nSPS) is 25.0. The predicted octanol–water partition coefficient (Wildman–Crippen LogP) is 1.43. The van der Waals surface area contributed by atoms with Gasteiger partial charge < -0.3 is 5.32 Å². The quantitative estimate of drug-likeness (QED) is 0.766. The molecule has 1 aromatic rings. The van der Waals surface area contributed by atoms with Crippen LogP contribution in [0.1, 0.15) is 18.4 Å². The standard InChI is InChI=1S/C7H11NO.C7H8O3S/c9-7-1-5-3-8-4-6(5)2-7;1-6-2-4-7(5-3-6)11(8,9)10/h5-6,8H,1-4H2;2-5H,1H3,(H,8,9,10)/t5-,6+;. The van der Waals surface area contributed by atoms with Gasteiger partial charge in [0.25, 0.3) is 10.1 Å². The SMILES string of the molecule is Cc1ccc(S(=O)(=O)O)cc1.O=C1C[C@H]2CNC[C@H]2C1. The van der Waals surface area contributed by atoms with Gasteiger partial charge in [0, 0.05) is 12.8 Å². The van der Waals surface area contributed by atoms with E-state index in [1.807, 2.05) is 6.92 Å². The fourth-order valence-electron chi connectivity index (χ4n) is 2.64. The minimum Gasteiger partial charge on any atom is -0.316 e. The molecule has 20 heavy (non-hydrogen) atoms. The van der Waals surface area contributed by atoms with Crippen LogP contribution in [0.3, 0.4) is 0 Å². The lowest BCUT2D eigenvalue weighted by Crippen LogP contribution is -2.11. The van der Waals surface area contributed by atoms with Crippen LogP contribution in [0.2, 0.25) is 0 Å². The number of aryl methyl sites for hydroxylation is 1. The van der Waals surface area contributed by atoms with E-state index in [0.29, 0.717) is 17.6 Å². The molecule has 110 valence electrons. The Balaban J connectivity index is 0.000000149. The highest BCUT2D eigenvalue weighted by molar-refractivity contribution is 7.85. The number of rotatable bonds is 1. The van der Waals surface area contributed by atoms with Crippen molar-refractivity contribution in [2.45, 2.75) is 24.7 Å². The summed E-state index contributed by atoms with van der Waals surface area (Å²) in [6, 6.07) is 5.99. The zero-order chi connectivity index (χ0) is 14.8. The van der Waals surface area contributed by atoms with Gasteiger partial charge in [-0.15, -0.1) is 0 Å². The molecule has 0 bridgehead atoms. The third-order valence-electron chi connectivity index (χ3n) is 3.78. The molecule has 1 aromatic carbocycles. The van der Waals surface area contributed by atoms with Crippen LogP contribution in [-0.4, -0.2) is 31.8 Å². The zero-order valence-corrected chi connectivity index (χ0v) is 12.2. The minimum atomic E-state index is -4.02. The topological polar surface area (TPSA) is 83.5 Å². The van der Waals surface area contributed by atoms with Crippen LogP contribution >= 0.6 is 0 Å². The molecule has 0 aromatic heterocycles. The van der Waals surface area contributed by atoms with Crippen molar-refractivity contribution in [2.24, 2.45) is 11.8 Å². The average molecular weight is 297 g/mol. The maximum atomic E-state index is 10.8. The molecule has 0 spiro atoms. The van der Waals surface area contributed by atoms with Crippen molar-refractivity contribution in [1.82, 2.24) is 5.32 Å². The van der Waals surface area contributed by atoms with Crippen LogP contribution in [0.25, 0.3) is 0 Å². The maximum Gasteiger partial charge on any atom is 0.294 e. The zero-order valence-electron chi connectivity index (χ0n) is 11.4. The lowest BCUT2D eigenvalue weighted by atomic mass is 10.0. The van der Waals surface area contributed by atoms with E-state index in [2.05, 4.69) is 5.32 Å². The van der Waals surface area contributed by atoms with Crippen molar-refractivity contribution in [2.75, 3.05) is 13.1 Å². The van der Waals surface area contributed by atoms with Crippen LogP contribution in [0, 0.1) is 18.8 Å². The Morgan fingerprint density at radius 1 is 1.10 bits per heavy atom. The van der Waals surface area contributed by atoms with Gasteiger partial charge in [-0.2, -0.15) is 8.42 Å². The van der Waals surface area contributed by atoms with Gasteiger partial charge in [-0.25, -0.2) is 0 Å². The summed E-state index contributed by atoms with van der Waals surface area (Å²) in [5.41, 5.74) is 0.956. The third-order valence-corrected chi connectivity index (χ3v) is 4.65. The van der Waals surface area contributed by atoms with E-state index in [1.165, 1.54) is 12.1 Å². The summed E-state index contributed by atoms with van der Waals surface area (Å²) in [5, 5.41) is 3.29. The van der Waals surface area contributed by atoms with E-state index in [9.17, 15) is 13.2 Å². The van der Waals surface area contributed by atoms with E-state index in [-0.39, 0.29) is 4.90 Å². The second-order valence-electron chi connectivity index (χ2n) is 5.41. The molecule has 6 heteroatoms. The molecule has 1 saturated carbocycles. The summed E-state index contributed by atoms with van der Waals surface area (Å²) in [7, 11) is -4.02. The number of hydrogen-bond donors (Lipinski definition) is 2. The fourth-order valence-corrected chi connectivity index (χ4v) is 3.12. The molecule has 2 atom stereocenters. The second-order valence-corrected chi connectivity index (χ2v) is 6.83. The highest BCUT2D eigenvalue weighted by Gasteiger charge is 2.35. The maximum absolute atomic E-state index is 10.8. The predicted molar refractivity (Wildman–Crippen MR) is 75.1 cm³/mol. The second kappa shape index (κ2) is 6.03. The Bertz CT molecular complexity index is 566. The molecule has 5 nitrogen and oxygen atoms in total. The van der Waals surface area contributed by atoms with Crippen molar-refractivity contribution in [3.05, 3.63) is 29.8 Å². The highest BCUT2D eigenvalue weighted by Crippen LogP contribution is 2.31. The number of Topliss-reactive ketones (excluding diaryl/α,β-unsaturated/α-hetero) is 1. The summed E-state index contributed by atoms with van der Waals surface area (Å²) >= 11 is 0. The van der Waals surface area contributed by atoms with Crippen molar-refractivity contribution >= 4 is 15.9 Å². The van der Waals surface area contributed by atoms with Crippen LogP contribution in [0.4, 0.5) is 0 Å². The summed E-state index contributed by atoms with van der Waals surface area (Å²) in [5.74, 6) is 1.86. The van der Waals surface area contributed by atoms with Gasteiger partial charge in [-0.3, -0.25) is 9.35 Å². The minimum absolute atomic E-state index is 0.0666. The van der Waals surface area contributed by atoms with E-state index < -0.39 is 10.1 Å². The van der Waals surface area contributed by atoms with Gasteiger partial charge in [0.15, 0.2) is 0 Å². The first kappa shape index (κ1) is 15.2. The molecule has 1 saturated heterocycles. The Kier molecular flexibility index (Phi) is 4.57. The first-order valence-corrected chi connectivity index (χ1v) is 8.07. The van der Waals surface area contributed by atoms with Gasteiger partial charge in [-0.05, 0) is 44.0 Å². The van der Waals surface area contributed by atoms with Crippen molar-refractivity contribution in [3.8, 4) is 0 Å². The molecule has 0 radical (unpaired) electrons. The van der Waals surface area contributed by atoms with E-state index >= 15 is 0 Å². The molecule has 1 aliphatic carbocycles. The van der Waals surface area contributed by atoms with Crippen molar-refractivity contribution in [3.63, 3.8) is 0 Å². The summed E-state index contributed by atoms with van der Waals surface area (Å²) in [6.45, 7) is 4.00. The smallest absolute Gasteiger partial charge is 0.294 e. The first-order chi connectivity index (χ1) is 9.36. The van der Waals surface area contributed by atoms with Crippen LogP contribution in [-0.2, 0) is 14.9 Å². The first-order valence-electron chi connectivity index (χ1n) is 6.63. The van der Waals surface area contributed by atoms with E-state index in [4.69, 9.17) is 4.55 Å². The molecular weight excluding hydrogens is 278 g/mol. The van der Waals surface area contributed by atoms with Crippen LogP contribution in [0.5, 0.6) is 0 Å². The van der Waals surface area contributed by atoms with Gasteiger partial charge in [0.1, 0.15) is 5.78 Å². The number of hydrogen-bond acceptors (Lipinski definition) is 4. The average Bonchev–Trinajstić information content (AvgIpc) is 2.89. The Hall–Kier alpha value is -1.24. The molecule has 2 N–H and O–H groups in total. The molecule has 1 heterocycles. The number of carbonyl (C=O) groups is 1. The molecule has 1 aliphatic heterocycles. The van der Waals surface area contributed by atoms with Gasteiger partial charge in [-0.1, -0.05) is 17.7 Å². The molecule has 2 aliphatic rings. The largest absolute Gasteiger partial charge is 0.316 e. The Morgan fingerprint density at radius 3 is 2.05 bits per heavy atom. The number of ketones is 1. The Labute approximate surface area is 119 Å². The van der Waals surface area contributed by atoms with Gasteiger partial charge >= 0.3 is 0 Å². The lowest BCUT2D eigenvalue weighted by Gasteiger charge is -2.01. The van der Waals surface area contributed by atoms with Crippen LogP contribution < -0.4 is 5.32 Å². The van der Waals surface area contributed by atoms with Crippen molar-refractivity contribution in [1.29, 1.82) is 0 Å². The summed E-state index contributed by atoms with van der Waals surface area (Å²) < 4.78 is 29.6. The highest BCUT2D eigenvalue weighted by atomic mass is 32.2. The van der Waals surface area contributed by atoms with Crippen LogP contribution in [0.15, 0.2) is 29.2 Å². The molecular formula is C14H19NO4S. The fraction of sp³-hybridized carbons (Fsp3) is 0.500. The van der Waals surface area contributed by atoms with Crippen molar-refractivity contribution < 1.29 is 17.8 Å². The molecule has 2 fully saturated rings. The molecule has 0 amide bonds. The third kappa shape index (κ3) is 3.88. The number of nitrogens with one attached hydrogen (secondary N) is 1. The van der Waals surface area contributed by atoms with Gasteiger partial charge in [0.2, 0.25) is 0 Å². The lowest BCUT2D eigenvalue weighted by molar-refractivity contribution is -0.117. The van der Waals surface area contributed by atoms with Gasteiger partial charge in [0.05, 0.1) is 4.90 Å². The summed E-state index contributed by atoms with van der Waals surface area (Å²) in [4.78, 5) is 10.8. The molecule has 3 rings (SSSR count). The monoisotopic (exact) mass is 297 g/mol. The summed E-state index contributed by atoms with van der Waals surface area (Å²) in [6.07, 6.45) is 1.69. The van der Waals surface area contributed by atoms with E-state index in [1.54, 1.807) is 12.1 Å². The number of fused-ring (bicyclic) bond motifs is 1. The van der Waals surface area contributed by atoms with E-state index in [0.717, 1.165) is 31.5 Å². The number of benzene rings is 1.